The summed E-state index contributed by atoms with van der Waals surface area (Å²) in [5, 5.41) is 5.37. The molecule has 3 rings (SSSR count). The molecule has 2 aromatic rings. The fourth-order valence-electron chi connectivity index (χ4n) is 1.99. The Bertz CT molecular complexity index is 724. The molecule has 114 valence electrons. The van der Waals surface area contributed by atoms with Gasteiger partial charge in [0.05, 0.1) is 10.7 Å². The van der Waals surface area contributed by atoms with Gasteiger partial charge in [0.15, 0.2) is 11.5 Å². The van der Waals surface area contributed by atoms with E-state index in [0.29, 0.717) is 23.7 Å². The van der Waals surface area contributed by atoms with Gasteiger partial charge in [-0.05, 0) is 35.9 Å². The van der Waals surface area contributed by atoms with Crippen LogP contribution < -0.4 is 20.1 Å². The summed E-state index contributed by atoms with van der Waals surface area (Å²) >= 11 is 5.84. The number of hydrogen-bond acceptors (Lipinski definition) is 3. The van der Waals surface area contributed by atoms with Gasteiger partial charge in [-0.15, -0.1) is 0 Å². The number of carbonyl (C=O) groups is 1. The SMILES string of the molecule is O=C(NCc1ccc2c(c1)OCO2)Nc1ccc(F)cc1Cl. The lowest BCUT2D eigenvalue weighted by atomic mass is 10.2. The van der Waals surface area contributed by atoms with Gasteiger partial charge in [0.25, 0.3) is 0 Å². The fourth-order valence-corrected chi connectivity index (χ4v) is 2.21. The van der Waals surface area contributed by atoms with Crippen LogP contribution in [0.5, 0.6) is 11.5 Å². The van der Waals surface area contributed by atoms with Crippen LogP contribution in [0.25, 0.3) is 0 Å². The molecule has 0 fully saturated rings. The van der Waals surface area contributed by atoms with Crippen molar-refractivity contribution in [2.75, 3.05) is 12.1 Å². The van der Waals surface area contributed by atoms with Crippen LogP contribution in [-0.4, -0.2) is 12.8 Å². The number of hydrogen-bond donors (Lipinski definition) is 2. The molecule has 2 aromatic carbocycles. The minimum Gasteiger partial charge on any atom is -0.454 e. The molecule has 0 aromatic heterocycles. The number of carbonyl (C=O) groups excluding carboxylic acids is 1. The Morgan fingerprint density at radius 3 is 2.82 bits per heavy atom. The highest BCUT2D eigenvalue weighted by Crippen LogP contribution is 2.32. The summed E-state index contributed by atoms with van der Waals surface area (Å²) in [5.41, 5.74) is 1.20. The zero-order valence-electron chi connectivity index (χ0n) is 11.4. The average Bonchev–Trinajstić information content (AvgIpc) is 2.95. The monoisotopic (exact) mass is 322 g/mol. The smallest absolute Gasteiger partial charge is 0.319 e. The van der Waals surface area contributed by atoms with Crippen LogP contribution in [0.15, 0.2) is 36.4 Å². The number of fused-ring (bicyclic) bond motifs is 1. The van der Waals surface area contributed by atoms with E-state index in [1.54, 1.807) is 12.1 Å². The highest BCUT2D eigenvalue weighted by Gasteiger charge is 2.13. The number of halogens is 2. The second-order valence-corrected chi connectivity index (χ2v) is 5.03. The molecule has 1 aliphatic rings. The van der Waals surface area contributed by atoms with Gasteiger partial charge in [0.1, 0.15) is 5.82 Å². The van der Waals surface area contributed by atoms with Crippen molar-refractivity contribution in [3.63, 3.8) is 0 Å². The zero-order chi connectivity index (χ0) is 15.5. The first kappa shape index (κ1) is 14.5. The fraction of sp³-hybridized carbons (Fsp3) is 0.133. The van der Waals surface area contributed by atoms with Crippen molar-refractivity contribution in [1.29, 1.82) is 0 Å². The first-order chi connectivity index (χ1) is 10.6. The molecule has 0 aliphatic carbocycles. The Morgan fingerprint density at radius 2 is 2.00 bits per heavy atom. The summed E-state index contributed by atoms with van der Waals surface area (Å²) < 4.78 is 23.4. The normalized spacial score (nSPS) is 12.1. The lowest BCUT2D eigenvalue weighted by molar-refractivity contribution is 0.174. The van der Waals surface area contributed by atoms with E-state index in [0.717, 1.165) is 11.6 Å². The molecule has 22 heavy (non-hydrogen) atoms. The van der Waals surface area contributed by atoms with Crippen LogP contribution in [0.1, 0.15) is 5.56 Å². The standard InChI is InChI=1S/C15H12ClFN2O3/c16-11-6-10(17)2-3-12(11)19-15(20)18-7-9-1-4-13-14(5-9)22-8-21-13/h1-6H,7-8H2,(H2,18,19,20). The van der Waals surface area contributed by atoms with Crippen molar-refractivity contribution < 1.29 is 18.7 Å². The van der Waals surface area contributed by atoms with Gasteiger partial charge < -0.3 is 20.1 Å². The molecule has 0 saturated heterocycles. The Labute approximate surface area is 131 Å². The molecule has 0 radical (unpaired) electrons. The number of amides is 2. The summed E-state index contributed by atoms with van der Waals surface area (Å²) in [6, 6.07) is 8.73. The second-order valence-electron chi connectivity index (χ2n) is 4.62. The maximum absolute atomic E-state index is 12.9. The van der Waals surface area contributed by atoms with Gasteiger partial charge in [-0.2, -0.15) is 0 Å². The summed E-state index contributed by atoms with van der Waals surface area (Å²) in [7, 11) is 0. The number of rotatable bonds is 3. The van der Waals surface area contributed by atoms with Crippen LogP contribution in [0.3, 0.4) is 0 Å². The largest absolute Gasteiger partial charge is 0.454 e. The molecule has 0 spiro atoms. The van der Waals surface area contributed by atoms with Crippen LogP contribution in [0.2, 0.25) is 5.02 Å². The molecule has 7 heteroatoms. The van der Waals surface area contributed by atoms with E-state index in [1.807, 2.05) is 6.07 Å². The first-order valence-electron chi connectivity index (χ1n) is 6.50. The van der Waals surface area contributed by atoms with Crippen molar-refractivity contribution in [2.24, 2.45) is 0 Å². The van der Waals surface area contributed by atoms with E-state index in [1.165, 1.54) is 12.1 Å². The number of urea groups is 1. The Balaban J connectivity index is 1.58. The van der Waals surface area contributed by atoms with Crippen molar-refractivity contribution in [3.05, 3.63) is 52.8 Å². The molecule has 1 heterocycles. The summed E-state index contributed by atoms with van der Waals surface area (Å²) in [6.07, 6.45) is 0. The molecule has 2 N–H and O–H groups in total. The van der Waals surface area contributed by atoms with Crippen molar-refractivity contribution in [2.45, 2.75) is 6.54 Å². The van der Waals surface area contributed by atoms with Crippen molar-refractivity contribution in [1.82, 2.24) is 5.32 Å². The average molecular weight is 323 g/mol. The highest BCUT2D eigenvalue weighted by molar-refractivity contribution is 6.33. The Kier molecular flexibility index (Phi) is 4.02. The minimum atomic E-state index is -0.462. The quantitative estimate of drug-likeness (QED) is 0.909. The third-order valence-corrected chi connectivity index (χ3v) is 3.38. The van der Waals surface area contributed by atoms with Gasteiger partial charge in [-0.3, -0.25) is 0 Å². The lowest BCUT2D eigenvalue weighted by Gasteiger charge is -2.09. The van der Waals surface area contributed by atoms with E-state index < -0.39 is 11.8 Å². The Hall–Kier alpha value is -2.47. The van der Waals surface area contributed by atoms with Crippen LogP contribution in [0.4, 0.5) is 14.9 Å². The van der Waals surface area contributed by atoms with E-state index >= 15 is 0 Å². The van der Waals surface area contributed by atoms with Gasteiger partial charge in [-0.25, -0.2) is 9.18 Å². The van der Waals surface area contributed by atoms with Crippen LogP contribution in [-0.2, 0) is 6.54 Å². The predicted octanol–water partition coefficient (Wildman–Crippen LogP) is 3.53. The van der Waals surface area contributed by atoms with Crippen molar-refractivity contribution in [3.8, 4) is 11.5 Å². The Morgan fingerprint density at radius 1 is 1.18 bits per heavy atom. The maximum Gasteiger partial charge on any atom is 0.319 e. The van der Waals surface area contributed by atoms with Gasteiger partial charge >= 0.3 is 6.03 Å². The predicted molar refractivity (Wildman–Crippen MR) is 79.8 cm³/mol. The topological polar surface area (TPSA) is 59.6 Å². The summed E-state index contributed by atoms with van der Waals surface area (Å²) in [6.45, 7) is 0.511. The molecule has 0 atom stereocenters. The van der Waals surface area contributed by atoms with Crippen LogP contribution >= 0.6 is 11.6 Å². The number of nitrogens with one attached hydrogen (secondary N) is 2. The van der Waals surface area contributed by atoms with Gasteiger partial charge in [-0.1, -0.05) is 17.7 Å². The number of anilines is 1. The molecule has 0 unspecified atom stereocenters. The number of benzene rings is 2. The van der Waals surface area contributed by atoms with Gasteiger partial charge in [0.2, 0.25) is 6.79 Å². The molecule has 1 aliphatic heterocycles. The lowest BCUT2D eigenvalue weighted by Crippen LogP contribution is -2.28. The van der Waals surface area contributed by atoms with Crippen LogP contribution in [0, 0.1) is 5.82 Å². The number of ether oxygens (including phenoxy) is 2. The van der Waals surface area contributed by atoms with E-state index in [4.69, 9.17) is 21.1 Å². The zero-order valence-corrected chi connectivity index (χ0v) is 12.1. The molecular formula is C15H12ClFN2O3. The highest BCUT2D eigenvalue weighted by atomic mass is 35.5. The van der Waals surface area contributed by atoms with Crippen molar-refractivity contribution >= 4 is 23.3 Å². The van der Waals surface area contributed by atoms with E-state index in [2.05, 4.69) is 10.6 Å². The molecular weight excluding hydrogens is 311 g/mol. The first-order valence-corrected chi connectivity index (χ1v) is 6.88. The third kappa shape index (κ3) is 3.23. The maximum atomic E-state index is 12.9. The second kappa shape index (κ2) is 6.11. The van der Waals surface area contributed by atoms with Gasteiger partial charge in [0, 0.05) is 6.54 Å². The summed E-state index contributed by atoms with van der Waals surface area (Å²) in [4.78, 5) is 11.8. The minimum absolute atomic E-state index is 0.137. The molecule has 0 bridgehead atoms. The summed E-state index contributed by atoms with van der Waals surface area (Å²) in [5.74, 6) is 0.879. The molecule has 2 amide bonds. The molecule has 0 saturated carbocycles. The third-order valence-electron chi connectivity index (χ3n) is 3.07. The van der Waals surface area contributed by atoms with E-state index in [9.17, 15) is 9.18 Å². The molecule has 5 nitrogen and oxygen atoms in total. The van der Waals surface area contributed by atoms with E-state index in [-0.39, 0.29) is 11.8 Å².